The number of aryl methyl sites for hydroxylation is 2. The highest BCUT2D eigenvalue weighted by molar-refractivity contribution is 6.01. The SMILES string of the molecule is Cc1oc2ncnc(NC(=O)[C@@H]3C[C@@H]3C3CC3)c2c1C. The molecule has 0 saturated heterocycles. The summed E-state index contributed by atoms with van der Waals surface area (Å²) in [7, 11) is 0. The maximum atomic E-state index is 12.3. The molecule has 2 aromatic heterocycles. The molecule has 2 aromatic rings. The first kappa shape index (κ1) is 11.9. The Morgan fingerprint density at radius 1 is 1.35 bits per heavy atom. The Hall–Kier alpha value is -1.91. The van der Waals surface area contributed by atoms with Crippen LogP contribution in [-0.4, -0.2) is 15.9 Å². The molecular weight excluding hydrogens is 254 g/mol. The van der Waals surface area contributed by atoms with Crippen LogP contribution in [0.15, 0.2) is 10.7 Å². The topological polar surface area (TPSA) is 68.0 Å². The van der Waals surface area contributed by atoms with Crippen molar-refractivity contribution in [2.75, 3.05) is 5.32 Å². The smallest absolute Gasteiger partial charge is 0.231 e. The number of anilines is 1. The molecule has 2 heterocycles. The van der Waals surface area contributed by atoms with Gasteiger partial charge in [0.1, 0.15) is 17.9 Å². The summed E-state index contributed by atoms with van der Waals surface area (Å²) >= 11 is 0. The van der Waals surface area contributed by atoms with E-state index in [4.69, 9.17) is 4.42 Å². The third-order valence-corrected chi connectivity index (χ3v) is 4.61. The Morgan fingerprint density at radius 3 is 2.90 bits per heavy atom. The van der Waals surface area contributed by atoms with Gasteiger partial charge in [0.2, 0.25) is 11.6 Å². The molecule has 0 spiro atoms. The van der Waals surface area contributed by atoms with E-state index in [1.54, 1.807) is 0 Å². The van der Waals surface area contributed by atoms with Gasteiger partial charge in [-0.2, -0.15) is 0 Å². The first-order chi connectivity index (χ1) is 9.65. The van der Waals surface area contributed by atoms with Crippen LogP contribution in [0.4, 0.5) is 5.82 Å². The van der Waals surface area contributed by atoms with E-state index in [0.717, 1.165) is 29.0 Å². The van der Waals surface area contributed by atoms with Gasteiger partial charge in [-0.1, -0.05) is 0 Å². The fourth-order valence-corrected chi connectivity index (χ4v) is 3.05. The number of carbonyl (C=O) groups is 1. The fraction of sp³-hybridized carbons (Fsp3) is 0.533. The molecule has 0 aromatic carbocycles. The van der Waals surface area contributed by atoms with Gasteiger partial charge in [-0.3, -0.25) is 4.79 Å². The Bertz CT molecular complexity index is 702. The van der Waals surface area contributed by atoms with E-state index in [1.807, 2.05) is 13.8 Å². The summed E-state index contributed by atoms with van der Waals surface area (Å²) in [4.78, 5) is 20.6. The van der Waals surface area contributed by atoms with Crippen LogP contribution in [0.25, 0.3) is 11.1 Å². The molecule has 0 radical (unpaired) electrons. The lowest BCUT2D eigenvalue weighted by molar-refractivity contribution is -0.117. The number of nitrogens with zero attached hydrogens (tertiary/aromatic N) is 2. The van der Waals surface area contributed by atoms with E-state index in [1.165, 1.54) is 19.2 Å². The normalized spacial score (nSPS) is 24.9. The molecule has 0 bridgehead atoms. The van der Waals surface area contributed by atoms with Crippen LogP contribution in [0.5, 0.6) is 0 Å². The van der Waals surface area contributed by atoms with Crippen LogP contribution in [0.1, 0.15) is 30.6 Å². The van der Waals surface area contributed by atoms with Crippen molar-refractivity contribution in [2.24, 2.45) is 17.8 Å². The van der Waals surface area contributed by atoms with Gasteiger partial charge in [-0.05, 0) is 44.9 Å². The maximum Gasteiger partial charge on any atom is 0.231 e. The van der Waals surface area contributed by atoms with E-state index in [2.05, 4.69) is 15.3 Å². The van der Waals surface area contributed by atoms with Gasteiger partial charge in [0.15, 0.2) is 0 Å². The molecule has 0 aliphatic heterocycles. The van der Waals surface area contributed by atoms with Crippen molar-refractivity contribution in [2.45, 2.75) is 33.1 Å². The van der Waals surface area contributed by atoms with Crippen LogP contribution in [0.3, 0.4) is 0 Å². The largest absolute Gasteiger partial charge is 0.443 e. The van der Waals surface area contributed by atoms with Gasteiger partial charge in [0.25, 0.3) is 0 Å². The number of fused-ring (bicyclic) bond motifs is 1. The lowest BCUT2D eigenvalue weighted by atomic mass is 10.2. The zero-order valence-corrected chi connectivity index (χ0v) is 11.6. The molecule has 4 rings (SSSR count). The Labute approximate surface area is 116 Å². The second kappa shape index (κ2) is 4.04. The molecule has 5 nitrogen and oxygen atoms in total. The zero-order valence-electron chi connectivity index (χ0n) is 11.6. The highest BCUT2D eigenvalue weighted by Crippen LogP contribution is 2.54. The van der Waals surface area contributed by atoms with Crippen molar-refractivity contribution < 1.29 is 9.21 Å². The van der Waals surface area contributed by atoms with Gasteiger partial charge in [-0.15, -0.1) is 0 Å². The summed E-state index contributed by atoms with van der Waals surface area (Å²) in [5, 5.41) is 3.78. The third kappa shape index (κ3) is 1.80. The molecule has 20 heavy (non-hydrogen) atoms. The van der Waals surface area contributed by atoms with E-state index in [0.29, 0.717) is 17.4 Å². The predicted molar refractivity (Wildman–Crippen MR) is 74.2 cm³/mol. The monoisotopic (exact) mass is 271 g/mol. The van der Waals surface area contributed by atoms with Crippen molar-refractivity contribution in [3.8, 4) is 0 Å². The molecule has 2 saturated carbocycles. The Morgan fingerprint density at radius 2 is 2.15 bits per heavy atom. The standard InChI is InChI=1S/C15H17N3O2/c1-7-8(2)20-15-12(7)13(16-6-17-15)18-14(19)11-5-10(11)9-3-4-9/h6,9-11H,3-5H2,1-2H3,(H,16,17,18,19)/t10-,11-/m1/s1. The minimum atomic E-state index is 0.0974. The third-order valence-electron chi connectivity index (χ3n) is 4.61. The summed E-state index contributed by atoms with van der Waals surface area (Å²) in [5.41, 5.74) is 1.53. The van der Waals surface area contributed by atoms with Crippen LogP contribution >= 0.6 is 0 Å². The second-order valence-electron chi connectivity index (χ2n) is 6.02. The van der Waals surface area contributed by atoms with Gasteiger partial charge < -0.3 is 9.73 Å². The number of hydrogen-bond donors (Lipinski definition) is 1. The van der Waals surface area contributed by atoms with Crippen molar-refractivity contribution >= 4 is 22.8 Å². The molecule has 1 N–H and O–H groups in total. The highest BCUT2D eigenvalue weighted by atomic mass is 16.3. The van der Waals surface area contributed by atoms with E-state index in [9.17, 15) is 4.79 Å². The maximum absolute atomic E-state index is 12.3. The van der Waals surface area contributed by atoms with Crippen LogP contribution < -0.4 is 5.32 Å². The summed E-state index contributed by atoms with van der Waals surface area (Å²) in [5.74, 6) is 3.09. The van der Waals surface area contributed by atoms with Crippen molar-refractivity contribution in [3.63, 3.8) is 0 Å². The molecule has 2 atom stereocenters. The molecule has 5 heteroatoms. The molecule has 2 aliphatic carbocycles. The molecular formula is C15H17N3O2. The summed E-state index contributed by atoms with van der Waals surface area (Å²) in [6, 6.07) is 0. The van der Waals surface area contributed by atoms with Gasteiger partial charge in [0.05, 0.1) is 5.39 Å². The number of amides is 1. The van der Waals surface area contributed by atoms with Gasteiger partial charge >= 0.3 is 0 Å². The first-order valence-electron chi connectivity index (χ1n) is 7.16. The average molecular weight is 271 g/mol. The molecule has 0 unspecified atom stereocenters. The first-order valence-corrected chi connectivity index (χ1v) is 7.16. The van der Waals surface area contributed by atoms with E-state index >= 15 is 0 Å². The minimum absolute atomic E-state index is 0.0974. The summed E-state index contributed by atoms with van der Waals surface area (Å²) in [6.07, 6.45) is 5.07. The molecule has 1 amide bonds. The summed E-state index contributed by atoms with van der Waals surface area (Å²) < 4.78 is 5.56. The predicted octanol–water partition coefficient (Wildman–Crippen LogP) is 2.82. The number of hydrogen-bond acceptors (Lipinski definition) is 4. The average Bonchev–Trinajstić information content (AvgIpc) is 3.29. The summed E-state index contributed by atoms with van der Waals surface area (Å²) in [6.45, 7) is 3.86. The number of furan rings is 1. The van der Waals surface area contributed by atoms with Crippen LogP contribution in [-0.2, 0) is 4.79 Å². The Balaban J connectivity index is 1.60. The van der Waals surface area contributed by atoms with Crippen molar-refractivity contribution in [1.82, 2.24) is 9.97 Å². The van der Waals surface area contributed by atoms with Crippen molar-refractivity contribution in [1.29, 1.82) is 0 Å². The molecule has 2 fully saturated rings. The van der Waals surface area contributed by atoms with Gasteiger partial charge in [-0.25, -0.2) is 9.97 Å². The van der Waals surface area contributed by atoms with Gasteiger partial charge in [0, 0.05) is 11.5 Å². The number of rotatable bonds is 3. The minimum Gasteiger partial charge on any atom is -0.443 e. The van der Waals surface area contributed by atoms with Crippen LogP contribution in [0, 0.1) is 31.6 Å². The number of aromatic nitrogens is 2. The Kier molecular flexibility index (Phi) is 2.40. The lowest BCUT2D eigenvalue weighted by Gasteiger charge is -2.05. The fourth-order valence-electron chi connectivity index (χ4n) is 3.05. The molecule has 104 valence electrons. The zero-order chi connectivity index (χ0) is 13.9. The lowest BCUT2D eigenvalue weighted by Crippen LogP contribution is -2.16. The number of nitrogens with one attached hydrogen (secondary N) is 1. The molecule has 2 aliphatic rings. The van der Waals surface area contributed by atoms with Crippen molar-refractivity contribution in [3.05, 3.63) is 17.7 Å². The number of carbonyl (C=O) groups excluding carboxylic acids is 1. The quantitative estimate of drug-likeness (QED) is 0.932. The van der Waals surface area contributed by atoms with E-state index < -0.39 is 0 Å². The van der Waals surface area contributed by atoms with E-state index in [-0.39, 0.29) is 11.8 Å². The second-order valence-corrected chi connectivity index (χ2v) is 6.02. The highest BCUT2D eigenvalue weighted by Gasteiger charge is 2.51. The van der Waals surface area contributed by atoms with Crippen LogP contribution in [0.2, 0.25) is 0 Å².